The number of carbonyl (C=O) groups is 2. The first-order valence-electron chi connectivity index (χ1n) is 13.0. The van der Waals surface area contributed by atoms with E-state index in [9.17, 15) is 22.4 Å². The van der Waals surface area contributed by atoms with Crippen molar-refractivity contribution in [2.24, 2.45) is 0 Å². The molecule has 214 valence electrons. The zero-order valence-electron chi connectivity index (χ0n) is 23.3. The molecule has 0 fully saturated rings. The van der Waals surface area contributed by atoms with Crippen LogP contribution in [0.15, 0.2) is 71.6 Å². The molecule has 0 radical (unpaired) electrons. The number of halogens is 2. The molecule has 0 spiro atoms. The van der Waals surface area contributed by atoms with Crippen LogP contribution < -0.4 is 9.62 Å². The van der Waals surface area contributed by atoms with E-state index in [1.54, 1.807) is 44.2 Å². The molecule has 40 heavy (non-hydrogen) atoms. The Balaban J connectivity index is 2.07. The monoisotopic (exact) mass is 587 g/mol. The van der Waals surface area contributed by atoms with Crippen LogP contribution in [0.5, 0.6) is 0 Å². The van der Waals surface area contributed by atoms with Gasteiger partial charge in [0.25, 0.3) is 10.0 Å². The third-order valence-electron chi connectivity index (χ3n) is 6.78. The summed E-state index contributed by atoms with van der Waals surface area (Å²) in [6.45, 7) is 8.00. The van der Waals surface area contributed by atoms with Crippen molar-refractivity contribution in [1.29, 1.82) is 0 Å². The Bertz CT molecular complexity index is 1460. The molecule has 0 aromatic heterocycles. The smallest absolute Gasteiger partial charge is 0.264 e. The van der Waals surface area contributed by atoms with E-state index in [-0.39, 0.29) is 28.7 Å². The predicted octanol–water partition coefficient (Wildman–Crippen LogP) is 5.62. The normalized spacial score (nSPS) is 12.9. The standard InChI is InChI=1S/C30H35ClFN3O4S/c1-6-22(4)33-30(37)23(5)34(18-24-9-7-8-10-27(24)32)29(36)19-35(28-16-13-25(31)17-21(28)3)40(38,39)26-14-11-20(2)12-15-26/h7-17,22-23H,6,18-19H2,1-5H3,(H,33,37). The van der Waals surface area contributed by atoms with Gasteiger partial charge >= 0.3 is 0 Å². The van der Waals surface area contributed by atoms with Crippen LogP contribution in [0, 0.1) is 19.7 Å². The number of hydrogen-bond donors (Lipinski definition) is 1. The van der Waals surface area contributed by atoms with Crippen LogP contribution in [-0.4, -0.2) is 43.8 Å². The molecule has 0 bridgehead atoms. The van der Waals surface area contributed by atoms with Gasteiger partial charge in [-0.25, -0.2) is 12.8 Å². The molecule has 0 aliphatic rings. The average Bonchev–Trinajstić information content (AvgIpc) is 2.91. The van der Waals surface area contributed by atoms with E-state index in [1.165, 1.54) is 41.3 Å². The summed E-state index contributed by atoms with van der Waals surface area (Å²) in [4.78, 5) is 28.2. The third kappa shape index (κ3) is 7.40. The fourth-order valence-corrected chi connectivity index (χ4v) is 5.81. The van der Waals surface area contributed by atoms with Crippen LogP contribution in [-0.2, 0) is 26.2 Å². The number of benzene rings is 3. The SMILES string of the molecule is CCC(C)NC(=O)C(C)N(Cc1ccccc1F)C(=O)CN(c1ccc(Cl)cc1C)S(=O)(=O)c1ccc(C)cc1. The second-order valence-corrected chi connectivity index (χ2v) is 12.2. The Hall–Kier alpha value is -3.43. The number of anilines is 1. The maximum atomic E-state index is 14.6. The second kappa shape index (κ2) is 13.3. The van der Waals surface area contributed by atoms with E-state index < -0.39 is 40.2 Å². The highest BCUT2D eigenvalue weighted by atomic mass is 35.5. The highest BCUT2D eigenvalue weighted by Crippen LogP contribution is 2.29. The number of rotatable bonds is 11. The van der Waals surface area contributed by atoms with Crippen molar-refractivity contribution >= 4 is 39.1 Å². The minimum atomic E-state index is -4.22. The fourth-order valence-electron chi connectivity index (χ4n) is 4.11. The molecule has 0 aliphatic heterocycles. The average molecular weight is 588 g/mol. The van der Waals surface area contributed by atoms with E-state index >= 15 is 0 Å². The Morgan fingerprint density at radius 2 is 1.65 bits per heavy atom. The van der Waals surface area contributed by atoms with E-state index in [1.807, 2.05) is 20.8 Å². The number of aryl methyl sites for hydroxylation is 2. The van der Waals surface area contributed by atoms with Crippen LogP contribution in [0.3, 0.4) is 0 Å². The number of sulfonamides is 1. The number of nitrogens with zero attached hydrogens (tertiary/aromatic N) is 2. The molecule has 0 heterocycles. The molecule has 3 aromatic rings. The van der Waals surface area contributed by atoms with Gasteiger partial charge in [0.1, 0.15) is 18.4 Å². The van der Waals surface area contributed by atoms with Gasteiger partial charge in [-0.1, -0.05) is 54.4 Å². The highest BCUT2D eigenvalue weighted by Gasteiger charge is 2.33. The summed E-state index contributed by atoms with van der Waals surface area (Å²) in [6, 6.07) is 15.8. The number of hydrogen-bond acceptors (Lipinski definition) is 4. The Kier molecular flexibility index (Phi) is 10.3. The second-order valence-electron chi connectivity index (χ2n) is 9.86. The van der Waals surface area contributed by atoms with Gasteiger partial charge < -0.3 is 10.2 Å². The lowest BCUT2D eigenvalue weighted by Crippen LogP contribution is -2.52. The first kappa shape index (κ1) is 31.1. The Morgan fingerprint density at radius 3 is 2.25 bits per heavy atom. The molecule has 3 aromatic carbocycles. The van der Waals surface area contributed by atoms with Crippen LogP contribution in [0.25, 0.3) is 0 Å². The van der Waals surface area contributed by atoms with E-state index in [0.717, 1.165) is 9.87 Å². The Labute approximate surface area is 241 Å². The van der Waals surface area contributed by atoms with Crippen molar-refractivity contribution in [2.75, 3.05) is 10.8 Å². The van der Waals surface area contributed by atoms with E-state index in [0.29, 0.717) is 17.0 Å². The molecule has 2 atom stereocenters. The maximum absolute atomic E-state index is 14.6. The lowest BCUT2D eigenvalue weighted by atomic mass is 10.1. The summed E-state index contributed by atoms with van der Waals surface area (Å²) < 4.78 is 43.5. The van der Waals surface area contributed by atoms with Gasteiger partial charge in [0.2, 0.25) is 11.8 Å². The largest absolute Gasteiger partial charge is 0.352 e. The molecule has 0 saturated carbocycles. The van der Waals surface area contributed by atoms with Gasteiger partial charge in [-0.2, -0.15) is 0 Å². The first-order chi connectivity index (χ1) is 18.8. The molecule has 0 aliphatic carbocycles. The molecule has 3 rings (SSSR count). The Morgan fingerprint density at radius 1 is 1.00 bits per heavy atom. The molecular formula is C30H35ClFN3O4S. The summed E-state index contributed by atoms with van der Waals surface area (Å²) in [6.07, 6.45) is 0.679. The number of amides is 2. The van der Waals surface area contributed by atoms with Crippen LogP contribution in [0.4, 0.5) is 10.1 Å². The molecule has 2 unspecified atom stereocenters. The highest BCUT2D eigenvalue weighted by molar-refractivity contribution is 7.92. The fraction of sp³-hybridized carbons (Fsp3) is 0.333. The van der Waals surface area contributed by atoms with Crippen molar-refractivity contribution in [1.82, 2.24) is 10.2 Å². The van der Waals surface area contributed by atoms with Crippen molar-refractivity contribution in [2.45, 2.75) is 64.6 Å². The molecule has 7 nitrogen and oxygen atoms in total. The third-order valence-corrected chi connectivity index (χ3v) is 8.79. The van der Waals surface area contributed by atoms with Gasteiger partial charge in [-0.15, -0.1) is 0 Å². The van der Waals surface area contributed by atoms with Gasteiger partial charge in [-0.05, 0) is 76.1 Å². The first-order valence-corrected chi connectivity index (χ1v) is 14.9. The van der Waals surface area contributed by atoms with Crippen molar-refractivity contribution in [3.63, 3.8) is 0 Å². The van der Waals surface area contributed by atoms with Gasteiger partial charge in [0.15, 0.2) is 0 Å². The van der Waals surface area contributed by atoms with Crippen molar-refractivity contribution in [3.8, 4) is 0 Å². The summed E-state index contributed by atoms with van der Waals surface area (Å²) >= 11 is 6.14. The minimum Gasteiger partial charge on any atom is -0.352 e. The zero-order chi connectivity index (χ0) is 29.6. The topological polar surface area (TPSA) is 86.8 Å². The number of nitrogens with one attached hydrogen (secondary N) is 1. The van der Waals surface area contributed by atoms with Crippen LogP contribution in [0.1, 0.15) is 43.9 Å². The van der Waals surface area contributed by atoms with Gasteiger partial charge in [0.05, 0.1) is 10.6 Å². The number of carbonyl (C=O) groups excluding carboxylic acids is 2. The zero-order valence-corrected chi connectivity index (χ0v) is 24.9. The maximum Gasteiger partial charge on any atom is 0.264 e. The summed E-state index contributed by atoms with van der Waals surface area (Å²) in [5.41, 5.74) is 1.89. The van der Waals surface area contributed by atoms with E-state index in [4.69, 9.17) is 11.6 Å². The van der Waals surface area contributed by atoms with Gasteiger partial charge in [-0.3, -0.25) is 13.9 Å². The molecule has 2 amide bonds. The van der Waals surface area contributed by atoms with Crippen molar-refractivity contribution in [3.05, 3.63) is 94.3 Å². The summed E-state index contributed by atoms with van der Waals surface area (Å²) in [5, 5.41) is 3.27. The van der Waals surface area contributed by atoms with E-state index in [2.05, 4.69) is 5.32 Å². The molecular weight excluding hydrogens is 553 g/mol. The summed E-state index contributed by atoms with van der Waals surface area (Å²) in [5.74, 6) is -1.62. The lowest BCUT2D eigenvalue weighted by Gasteiger charge is -2.33. The molecule has 0 saturated heterocycles. The molecule has 1 N–H and O–H groups in total. The van der Waals surface area contributed by atoms with Crippen LogP contribution >= 0.6 is 11.6 Å². The predicted molar refractivity (Wildman–Crippen MR) is 156 cm³/mol. The molecule has 10 heteroatoms. The quantitative estimate of drug-likeness (QED) is 0.315. The van der Waals surface area contributed by atoms with Gasteiger partial charge in [0, 0.05) is 23.2 Å². The minimum absolute atomic E-state index is 0.00321. The summed E-state index contributed by atoms with van der Waals surface area (Å²) in [7, 11) is -4.22. The van der Waals surface area contributed by atoms with Crippen molar-refractivity contribution < 1.29 is 22.4 Å². The van der Waals surface area contributed by atoms with Crippen LogP contribution in [0.2, 0.25) is 5.02 Å². The lowest BCUT2D eigenvalue weighted by molar-refractivity contribution is -0.139.